The molecule has 0 spiro atoms. The lowest BCUT2D eigenvalue weighted by molar-refractivity contribution is -0.121. The van der Waals surface area contributed by atoms with Crippen LogP contribution in [0.5, 0.6) is 0 Å². The van der Waals surface area contributed by atoms with Crippen LogP contribution in [0.3, 0.4) is 0 Å². The number of fused-ring (bicyclic) bond motifs is 1. The zero-order valence-corrected chi connectivity index (χ0v) is 16.6. The van der Waals surface area contributed by atoms with Gasteiger partial charge in [0.05, 0.1) is 15.9 Å². The third-order valence-corrected chi connectivity index (χ3v) is 5.85. The molecule has 2 aromatic carbocycles. The number of imide groups is 1. The minimum Gasteiger partial charge on any atom is -0.284 e. The summed E-state index contributed by atoms with van der Waals surface area (Å²) in [7, 11) is 0. The average molecular weight is 414 g/mol. The fourth-order valence-corrected chi connectivity index (χ4v) is 4.32. The van der Waals surface area contributed by atoms with Crippen LogP contribution in [0.2, 0.25) is 5.02 Å². The van der Waals surface area contributed by atoms with Crippen LogP contribution in [-0.2, 0) is 9.59 Å². The van der Waals surface area contributed by atoms with E-state index in [4.69, 9.17) is 11.6 Å². The largest absolute Gasteiger partial charge is 0.284 e. The van der Waals surface area contributed by atoms with Crippen LogP contribution in [0.15, 0.2) is 42.5 Å². The maximum Gasteiger partial charge on any atom is 0.260 e. The smallest absolute Gasteiger partial charge is 0.260 e. The number of amides is 3. The molecule has 8 heteroatoms. The van der Waals surface area contributed by atoms with E-state index < -0.39 is 0 Å². The monoisotopic (exact) mass is 413 g/mol. The molecule has 1 aliphatic rings. The number of thiazole rings is 1. The van der Waals surface area contributed by atoms with Gasteiger partial charge in [-0.1, -0.05) is 22.9 Å². The minimum absolute atomic E-state index is 0.196. The van der Waals surface area contributed by atoms with E-state index in [1.165, 1.54) is 16.2 Å². The molecule has 0 radical (unpaired) electrons. The number of anilines is 2. The Kier molecular flexibility index (Phi) is 4.87. The summed E-state index contributed by atoms with van der Waals surface area (Å²) in [5.41, 5.74) is 1.70. The maximum atomic E-state index is 13.0. The van der Waals surface area contributed by atoms with Crippen molar-refractivity contribution >= 4 is 61.7 Å². The summed E-state index contributed by atoms with van der Waals surface area (Å²) in [6, 6.07) is 12.0. The van der Waals surface area contributed by atoms with Crippen molar-refractivity contribution in [2.75, 3.05) is 16.3 Å². The first kappa shape index (κ1) is 18.6. The summed E-state index contributed by atoms with van der Waals surface area (Å²) < 4.78 is 0.951. The third-order valence-electron chi connectivity index (χ3n) is 4.55. The molecular weight excluding hydrogens is 398 g/mol. The van der Waals surface area contributed by atoms with Gasteiger partial charge in [-0.2, -0.15) is 0 Å². The molecule has 1 aromatic heterocycles. The number of carbonyl (C=O) groups is 3. The van der Waals surface area contributed by atoms with Gasteiger partial charge in [0, 0.05) is 30.0 Å². The molecule has 142 valence electrons. The molecule has 0 saturated carbocycles. The van der Waals surface area contributed by atoms with E-state index in [1.807, 2.05) is 13.0 Å². The molecule has 0 bridgehead atoms. The third kappa shape index (κ3) is 3.27. The molecule has 1 saturated heterocycles. The number of carbonyl (C=O) groups excluding carboxylic acids is 3. The zero-order chi connectivity index (χ0) is 19.8. The quantitative estimate of drug-likeness (QED) is 0.599. The lowest BCUT2D eigenvalue weighted by Crippen LogP contribution is -2.31. The fraction of sp³-hybridized carbons (Fsp3) is 0.200. The predicted molar refractivity (Wildman–Crippen MR) is 110 cm³/mol. The van der Waals surface area contributed by atoms with Gasteiger partial charge in [0.25, 0.3) is 5.91 Å². The Hall–Kier alpha value is -2.77. The SMILES string of the molecule is CCN(C(=O)c1ccc(N2C(=O)CCC2=O)cc1)c1nc2cc(Cl)ccc2s1. The standard InChI is InChI=1S/C20H16ClN3O3S/c1-2-23(20-22-15-11-13(21)5-8-16(15)28-20)19(27)12-3-6-14(7-4-12)24-17(25)9-10-18(24)26/h3-8,11H,2,9-10H2,1H3. The molecular formula is C20H16ClN3O3S. The van der Waals surface area contributed by atoms with Crippen molar-refractivity contribution in [3.8, 4) is 0 Å². The van der Waals surface area contributed by atoms with Gasteiger partial charge in [0.1, 0.15) is 0 Å². The number of nitrogens with zero attached hydrogens (tertiary/aromatic N) is 3. The van der Waals surface area contributed by atoms with E-state index in [0.29, 0.717) is 27.9 Å². The number of benzene rings is 2. The van der Waals surface area contributed by atoms with Crippen LogP contribution in [0.25, 0.3) is 10.2 Å². The molecule has 0 atom stereocenters. The first-order valence-corrected chi connectivity index (χ1v) is 10.0. The van der Waals surface area contributed by atoms with E-state index in [9.17, 15) is 14.4 Å². The van der Waals surface area contributed by atoms with Crippen molar-refractivity contribution < 1.29 is 14.4 Å². The predicted octanol–water partition coefficient (Wildman–Crippen LogP) is 4.27. The highest BCUT2D eigenvalue weighted by Crippen LogP contribution is 2.31. The van der Waals surface area contributed by atoms with Crippen molar-refractivity contribution in [2.45, 2.75) is 19.8 Å². The van der Waals surface area contributed by atoms with Crippen LogP contribution in [0, 0.1) is 0 Å². The highest BCUT2D eigenvalue weighted by atomic mass is 35.5. The van der Waals surface area contributed by atoms with Gasteiger partial charge in [-0.15, -0.1) is 0 Å². The van der Waals surface area contributed by atoms with Gasteiger partial charge in [0.2, 0.25) is 11.8 Å². The number of hydrogen-bond acceptors (Lipinski definition) is 5. The number of halogens is 1. The molecule has 4 rings (SSSR count). The summed E-state index contributed by atoms with van der Waals surface area (Å²) in [6.07, 6.45) is 0.454. The maximum absolute atomic E-state index is 13.0. The van der Waals surface area contributed by atoms with E-state index in [1.54, 1.807) is 41.3 Å². The van der Waals surface area contributed by atoms with E-state index in [-0.39, 0.29) is 30.6 Å². The topological polar surface area (TPSA) is 70.6 Å². The molecule has 28 heavy (non-hydrogen) atoms. The second-order valence-corrected chi connectivity index (χ2v) is 7.77. The van der Waals surface area contributed by atoms with E-state index >= 15 is 0 Å². The van der Waals surface area contributed by atoms with Crippen molar-refractivity contribution in [1.82, 2.24) is 4.98 Å². The number of aromatic nitrogens is 1. The Morgan fingerprint density at radius 1 is 1.14 bits per heavy atom. The van der Waals surface area contributed by atoms with E-state index in [2.05, 4.69) is 4.98 Å². The molecule has 0 unspecified atom stereocenters. The van der Waals surface area contributed by atoms with Crippen molar-refractivity contribution in [3.63, 3.8) is 0 Å². The van der Waals surface area contributed by atoms with Crippen LogP contribution in [-0.4, -0.2) is 29.3 Å². The zero-order valence-electron chi connectivity index (χ0n) is 15.0. The van der Waals surface area contributed by atoms with Gasteiger partial charge in [-0.3, -0.25) is 24.2 Å². The second kappa shape index (κ2) is 7.33. The minimum atomic E-state index is -0.215. The Morgan fingerprint density at radius 3 is 2.46 bits per heavy atom. The number of rotatable bonds is 4. The van der Waals surface area contributed by atoms with Crippen LogP contribution in [0.4, 0.5) is 10.8 Å². The Morgan fingerprint density at radius 2 is 1.82 bits per heavy atom. The highest BCUT2D eigenvalue weighted by Gasteiger charge is 2.30. The molecule has 0 N–H and O–H groups in total. The average Bonchev–Trinajstić information content (AvgIpc) is 3.24. The molecule has 6 nitrogen and oxygen atoms in total. The lowest BCUT2D eigenvalue weighted by atomic mass is 10.1. The lowest BCUT2D eigenvalue weighted by Gasteiger charge is -2.18. The highest BCUT2D eigenvalue weighted by molar-refractivity contribution is 7.22. The first-order valence-electron chi connectivity index (χ1n) is 8.81. The molecule has 3 aromatic rings. The van der Waals surface area contributed by atoms with Crippen molar-refractivity contribution in [1.29, 1.82) is 0 Å². The van der Waals surface area contributed by atoms with Gasteiger partial charge in [-0.25, -0.2) is 4.98 Å². The first-order chi connectivity index (χ1) is 13.5. The van der Waals surface area contributed by atoms with Crippen molar-refractivity contribution in [3.05, 3.63) is 53.1 Å². The molecule has 2 heterocycles. The van der Waals surface area contributed by atoms with E-state index in [0.717, 1.165) is 10.2 Å². The summed E-state index contributed by atoms with van der Waals surface area (Å²) >= 11 is 7.44. The van der Waals surface area contributed by atoms with Gasteiger partial charge in [0.15, 0.2) is 5.13 Å². The molecule has 0 aliphatic carbocycles. The van der Waals surface area contributed by atoms with Crippen molar-refractivity contribution in [2.24, 2.45) is 0 Å². The molecule has 1 aliphatic heterocycles. The summed E-state index contributed by atoms with van der Waals surface area (Å²) in [4.78, 5) is 44.0. The Bertz CT molecular complexity index is 1080. The summed E-state index contributed by atoms with van der Waals surface area (Å²) in [6.45, 7) is 2.34. The van der Waals surface area contributed by atoms with Gasteiger partial charge in [-0.05, 0) is 49.4 Å². The van der Waals surface area contributed by atoms with Crippen LogP contribution >= 0.6 is 22.9 Å². The summed E-state index contributed by atoms with van der Waals surface area (Å²) in [5.74, 6) is -0.627. The Labute approximate surface area is 170 Å². The Balaban J connectivity index is 1.61. The summed E-state index contributed by atoms with van der Waals surface area (Å²) in [5, 5.41) is 1.19. The van der Waals surface area contributed by atoms with Crippen LogP contribution in [0.1, 0.15) is 30.1 Å². The second-order valence-electron chi connectivity index (χ2n) is 6.33. The van der Waals surface area contributed by atoms with Crippen LogP contribution < -0.4 is 9.80 Å². The molecule has 3 amide bonds. The fourth-order valence-electron chi connectivity index (χ4n) is 3.14. The number of hydrogen-bond donors (Lipinski definition) is 0. The van der Waals surface area contributed by atoms with Gasteiger partial charge < -0.3 is 0 Å². The van der Waals surface area contributed by atoms with Gasteiger partial charge >= 0.3 is 0 Å². The normalized spacial score (nSPS) is 14.1. The molecule has 1 fully saturated rings.